The summed E-state index contributed by atoms with van der Waals surface area (Å²) in [5, 5.41) is 14.9. The van der Waals surface area contributed by atoms with Crippen molar-refractivity contribution in [3.8, 4) is 11.1 Å². The Hall–Kier alpha value is -3.35. The molecule has 2 aromatic rings. The van der Waals surface area contributed by atoms with Crippen LogP contribution in [0.1, 0.15) is 64.0 Å². The van der Waals surface area contributed by atoms with Crippen LogP contribution in [0.15, 0.2) is 48.5 Å². The fourth-order valence-corrected chi connectivity index (χ4v) is 4.57. The highest BCUT2D eigenvalue weighted by Crippen LogP contribution is 2.44. The van der Waals surface area contributed by atoms with Gasteiger partial charge in [-0.05, 0) is 54.9 Å². The van der Waals surface area contributed by atoms with Crippen LogP contribution in [0.2, 0.25) is 0 Å². The number of amides is 2. The van der Waals surface area contributed by atoms with Crippen LogP contribution in [-0.2, 0) is 14.3 Å². The molecule has 0 spiro atoms. The van der Waals surface area contributed by atoms with Crippen molar-refractivity contribution < 1.29 is 24.2 Å². The summed E-state index contributed by atoms with van der Waals surface area (Å²) in [5.41, 5.74) is 3.97. The Balaban J connectivity index is 1.48. The Kier molecular flexibility index (Phi) is 8.54. The second-order valence-corrected chi connectivity index (χ2v) is 10.3. The third-order valence-corrected chi connectivity index (χ3v) is 6.41. The molecular formula is C28H36N2O5. The van der Waals surface area contributed by atoms with E-state index in [1.54, 1.807) is 0 Å². The number of benzene rings is 2. The molecule has 0 aliphatic heterocycles. The van der Waals surface area contributed by atoms with Gasteiger partial charge in [-0.25, -0.2) is 4.79 Å². The molecule has 2 aromatic carbocycles. The monoisotopic (exact) mass is 480 g/mol. The van der Waals surface area contributed by atoms with E-state index in [4.69, 9.17) is 4.74 Å². The summed E-state index contributed by atoms with van der Waals surface area (Å²) in [7, 11) is 0. The normalized spacial score (nSPS) is 13.6. The van der Waals surface area contributed by atoms with Crippen LogP contribution in [-0.4, -0.2) is 41.8 Å². The van der Waals surface area contributed by atoms with E-state index in [9.17, 15) is 19.5 Å². The van der Waals surface area contributed by atoms with Crippen molar-refractivity contribution in [3.05, 3.63) is 59.7 Å². The lowest BCUT2D eigenvalue weighted by Gasteiger charge is -2.26. The molecule has 0 aromatic heterocycles. The molecule has 7 nitrogen and oxygen atoms in total. The summed E-state index contributed by atoms with van der Waals surface area (Å²) in [5.74, 6) is -1.53. The van der Waals surface area contributed by atoms with Crippen molar-refractivity contribution in [2.75, 3.05) is 13.2 Å². The van der Waals surface area contributed by atoms with Crippen molar-refractivity contribution >= 4 is 18.0 Å². The number of carboxylic acid groups (broad SMARTS) is 1. The van der Waals surface area contributed by atoms with E-state index in [-0.39, 0.29) is 37.3 Å². The zero-order valence-corrected chi connectivity index (χ0v) is 21.0. The van der Waals surface area contributed by atoms with Gasteiger partial charge in [-0.2, -0.15) is 0 Å². The Bertz CT molecular complexity index is 1020. The Labute approximate surface area is 207 Å². The maximum absolute atomic E-state index is 12.6. The van der Waals surface area contributed by atoms with Gasteiger partial charge in [-0.3, -0.25) is 9.59 Å². The number of nitrogens with one attached hydrogen (secondary N) is 2. The van der Waals surface area contributed by atoms with Gasteiger partial charge in [-0.1, -0.05) is 62.4 Å². The molecule has 0 saturated carbocycles. The highest BCUT2D eigenvalue weighted by Gasteiger charge is 2.30. The molecule has 0 radical (unpaired) electrons. The van der Waals surface area contributed by atoms with Gasteiger partial charge in [-0.15, -0.1) is 0 Å². The molecule has 1 unspecified atom stereocenters. The molecule has 7 heteroatoms. The van der Waals surface area contributed by atoms with Gasteiger partial charge in [0.1, 0.15) is 6.61 Å². The number of ether oxygens (including phenoxy) is 1. The third kappa shape index (κ3) is 7.07. The van der Waals surface area contributed by atoms with Crippen LogP contribution in [0.25, 0.3) is 11.1 Å². The Morgan fingerprint density at radius 1 is 1.00 bits per heavy atom. The first-order valence-electron chi connectivity index (χ1n) is 12.2. The number of rotatable bonds is 11. The molecule has 0 heterocycles. The molecule has 1 atom stereocenters. The van der Waals surface area contributed by atoms with Gasteiger partial charge in [0.2, 0.25) is 5.91 Å². The first-order valence-corrected chi connectivity index (χ1v) is 12.2. The minimum atomic E-state index is -0.906. The smallest absolute Gasteiger partial charge is 0.407 e. The van der Waals surface area contributed by atoms with Crippen LogP contribution in [0.3, 0.4) is 0 Å². The van der Waals surface area contributed by atoms with Crippen molar-refractivity contribution in [1.29, 1.82) is 0 Å². The van der Waals surface area contributed by atoms with Crippen LogP contribution < -0.4 is 10.6 Å². The lowest BCUT2D eigenvalue weighted by Crippen LogP contribution is -2.45. The summed E-state index contributed by atoms with van der Waals surface area (Å²) in [4.78, 5) is 36.2. The number of alkyl carbamates (subject to hydrolysis) is 1. The third-order valence-electron chi connectivity index (χ3n) is 6.41. The van der Waals surface area contributed by atoms with E-state index < -0.39 is 23.5 Å². The fraction of sp³-hybridized carbons (Fsp3) is 0.464. The first kappa shape index (κ1) is 26.3. The van der Waals surface area contributed by atoms with Crippen LogP contribution in [0.5, 0.6) is 0 Å². The van der Waals surface area contributed by atoms with Gasteiger partial charge in [0.15, 0.2) is 0 Å². The highest BCUT2D eigenvalue weighted by molar-refractivity contribution is 5.79. The minimum Gasteiger partial charge on any atom is -0.481 e. The van der Waals surface area contributed by atoms with Gasteiger partial charge in [0, 0.05) is 24.4 Å². The predicted molar refractivity (Wildman–Crippen MR) is 135 cm³/mol. The number of carboxylic acids is 1. The second kappa shape index (κ2) is 11.4. The maximum atomic E-state index is 12.6. The summed E-state index contributed by atoms with van der Waals surface area (Å²) < 4.78 is 5.61. The number of fused-ring (bicyclic) bond motifs is 3. The average Bonchev–Trinajstić information content (AvgIpc) is 3.12. The average molecular weight is 481 g/mol. The summed E-state index contributed by atoms with van der Waals surface area (Å²) in [6.07, 6.45) is 0.542. The number of hydrogen-bond donors (Lipinski definition) is 3. The topological polar surface area (TPSA) is 105 Å². The molecule has 0 saturated heterocycles. The zero-order valence-electron chi connectivity index (χ0n) is 21.0. The standard InChI is InChI=1S/C28H36N2O5/c1-18(2)15-19(26(32)33)16-29-25(31)13-14-28(3,4)30-27(34)35-17-24-22-11-7-5-9-20(22)21-10-6-8-12-23(21)24/h5-12,18-19,24H,13-17H2,1-4H3,(H,29,31)(H,30,34)(H,32,33). The molecule has 1 aliphatic carbocycles. The number of aliphatic carboxylic acids is 1. The Morgan fingerprint density at radius 3 is 2.11 bits per heavy atom. The van der Waals surface area contributed by atoms with E-state index in [0.717, 1.165) is 11.1 Å². The molecule has 0 bridgehead atoms. The van der Waals surface area contributed by atoms with Gasteiger partial charge in [0.05, 0.1) is 5.92 Å². The van der Waals surface area contributed by atoms with Crippen molar-refractivity contribution in [2.45, 2.75) is 58.4 Å². The molecule has 2 amide bonds. The zero-order chi connectivity index (χ0) is 25.6. The van der Waals surface area contributed by atoms with Crippen LogP contribution in [0, 0.1) is 11.8 Å². The largest absolute Gasteiger partial charge is 0.481 e. The number of carbonyl (C=O) groups is 3. The second-order valence-electron chi connectivity index (χ2n) is 10.3. The van der Waals surface area contributed by atoms with Gasteiger partial charge in [0.25, 0.3) is 0 Å². The lowest BCUT2D eigenvalue weighted by atomic mass is 9.96. The molecule has 3 N–H and O–H groups in total. The fourth-order valence-electron chi connectivity index (χ4n) is 4.57. The van der Waals surface area contributed by atoms with E-state index >= 15 is 0 Å². The first-order chi connectivity index (χ1) is 16.6. The molecule has 1 aliphatic rings. The quantitative estimate of drug-likeness (QED) is 0.422. The minimum absolute atomic E-state index is 0.0185. The van der Waals surface area contributed by atoms with E-state index in [0.29, 0.717) is 12.8 Å². The molecular weight excluding hydrogens is 444 g/mol. The number of carbonyl (C=O) groups excluding carboxylic acids is 2. The van der Waals surface area contributed by atoms with E-state index in [1.165, 1.54) is 11.1 Å². The van der Waals surface area contributed by atoms with Gasteiger partial charge >= 0.3 is 12.1 Å². The van der Waals surface area contributed by atoms with Crippen LogP contribution in [0.4, 0.5) is 4.79 Å². The highest BCUT2D eigenvalue weighted by atomic mass is 16.5. The van der Waals surface area contributed by atoms with E-state index in [2.05, 4.69) is 34.9 Å². The molecule has 35 heavy (non-hydrogen) atoms. The molecule has 3 rings (SSSR count). The summed E-state index contributed by atoms with van der Waals surface area (Å²) in [6, 6.07) is 16.3. The SMILES string of the molecule is CC(C)CC(CNC(=O)CCC(C)(C)NC(=O)OCC1c2ccccc2-c2ccccc21)C(=O)O. The van der Waals surface area contributed by atoms with E-state index in [1.807, 2.05) is 52.0 Å². The molecule has 0 fully saturated rings. The van der Waals surface area contributed by atoms with Crippen molar-refractivity contribution in [1.82, 2.24) is 10.6 Å². The summed E-state index contributed by atoms with van der Waals surface area (Å²) in [6.45, 7) is 7.90. The maximum Gasteiger partial charge on any atom is 0.407 e. The van der Waals surface area contributed by atoms with Crippen molar-refractivity contribution in [2.24, 2.45) is 11.8 Å². The number of hydrogen-bond acceptors (Lipinski definition) is 4. The Morgan fingerprint density at radius 2 is 1.57 bits per heavy atom. The van der Waals surface area contributed by atoms with Gasteiger partial charge < -0.3 is 20.5 Å². The van der Waals surface area contributed by atoms with Crippen molar-refractivity contribution in [3.63, 3.8) is 0 Å². The van der Waals surface area contributed by atoms with Crippen LogP contribution >= 0.6 is 0 Å². The predicted octanol–water partition coefficient (Wildman–Crippen LogP) is 4.95. The lowest BCUT2D eigenvalue weighted by molar-refractivity contribution is -0.142. The summed E-state index contributed by atoms with van der Waals surface area (Å²) >= 11 is 0. The molecule has 188 valence electrons.